The number of H-pyrrole nitrogens is 1. The van der Waals surface area contributed by atoms with Crippen molar-refractivity contribution in [3.05, 3.63) is 53.9 Å². The van der Waals surface area contributed by atoms with Crippen molar-refractivity contribution in [1.82, 2.24) is 30.9 Å². The van der Waals surface area contributed by atoms with E-state index < -0.39 is 0 Å². The van der Waals surface area contributed by atoms with Crippen molar-refractivity contribution in [2.75, 3.05) is 13.1 Å². The molecule has 1 aromatic carbocycles. The fourth-order valence-electron chi connectivity index (χ4n) is 4.53. The van der Waals surface area contributed by atoms with Gasteiger partial charge in [-0.1, -0.05) is 48.9 Å². The molecule has 0 spiro atoms. The van der Waals surface area contributed by atoms with Gasteiger partial charge in [-0.3, -0.25) is 4.79 Å². The van der Waals surface area contributed by atoms with Crippen molar-refractivity contribution in [2.45, 2.75) is 58.0 Å². The Bertz CT molecular complexity index is 1020. The van der Waals surface area contributed by atoms with Crippen molar-refractivity contribution < 1.29 is 9.53 Å². The smallest absolute Gasteiger partial charge is 0.214 e. The predicted octanol–water partition coefficient (Wildman–Crippen LogP) is 3.72. The van der Waals surface area contributed by atoms with Gasteiger partial charge in [0.15, 0.2) is 5.82 Å². The molecule has 0 amide bonds. The molecule has 0 radical (unpaired) electrons. The standard InChI is InChI=1S/C25H32N6O2/c1-3-5-21(17(2)32)22(25-28-30-31-29-25)16-18-8-10-19(11-9-18)23-6-4-7-24(27-23)33-20-12-14-26-15-13-20/h4,6-11,20-22,26H,3,5,12-16H2,1-2H3,(H,28,29,30,31)/t21-,22+/m1/s1. The van der Waals surface area contributed by atoms with Crippen LogP contribution in [-0.4, -0.2) is 50.6 Å². The molecule has 0 unspecified atom stereocenters. The van der Waals surface area contributed by atoms with Gasteiger partial charge in [-0.05, 0) is 57.3 Å². The summed E-state index contributed by atoms with van der Waals surface area (Å²) in [6, 6.07) is 14.2. The summed E-state index contributed by atoms with van der Waals surface area (Å²) in [6.07, 6.45) is 4.63. The van der Waals surface area contributed by atoms with Crippen LogP contribution in [0.25, 0.3) is 11.3 Å². The van der Waals surface area contributed by atoms with Gasteiger partial charge in [-0.2, -0.15) is 5.21 Å². The first-order valence-electron chi connectivity index (χ1n) is 11.8. The van der Waals surface area contributed by atoms with E-state index in [0.29, 0.717) is 18.1 Å². The highest BCUT2D eigenvalue weighted by molar-refractivity contribution is 5.79. The van der Waals surface area contributed by atoms with E-state index in [1.807, 2.05) is 18.2 Å². The van der Waals surface area contributed by atoms with E-state index in [4.69, 9.17) is 9.72 Å². The Kier molecular flexibility index (Phi) is 7.78. The zero-order chi connectivity index (χ0) is 23.0. The number of nitrogens with zero attached hydrogens (tertiary/aromatic N) is 4. The first kappa shape index (κ1) is 23.0. The van der Waals surface area contributed by atoms with Crippen LogP contribution in [0.4, 0.5) is 0 Å². The third-order valence-electron chi connectivity index (χ3n) is 6.30. The summed E-state index contributed by atoms with van der Waals surface area (Å²) in [5, 5.41) is 18.0. The molecule has 8 nitrogen and oxygen atoms in total. The maximum absolute atomic E-state index is 12.4. The second-order valence-electron chi connectivity index (χ2n) is 8.71. The zero-order valence-electron chi connectivity index (χ0n) is 19.3. The minimum atomic E-state index is -0.127. The lowest BCUT2D eigenvalue weighted by Crippen LogP contribution is -2.34. The molecule has 1 saturated heterocycles. The first-order valence-corrected chi connectivity index (χ1v) is 11.8. The minimum absolute atomic E-state index is 0.105. The number of aromatic nitrogens is 5. The molecule has 1 aliphatic heterocycles. The number of ether oxygens (including phenoxy) is 1. The summed E-state index contributed by atoms with van der Waals surface area (Å²) in [5.74, 6) is 1.20. The Labute approximate surface area is 194 Å². The highest BCUT2D eigenvalue weighted by atomic mass is 16.5. The van der Waals surface area contributed by atoms with Crippen LogP contribution in [0.3, 0.4) is 0 Å². The van der Waals surface area contributed by atoms with Crippen LogP contribution in [0, 0.1) is 5.92 Å². The second-order valence-corrected chi connectivity index (χ2v) is 8.71. The number of hydrogen-bond donors (Lipinski definition) is 2. The van der Waals surface area contributed by atoms with Crippen LogP contribution < -0.4 is 10.1 Å². The molecule has 2 N–H and O–H groups in total. The molecular formula is C25H32N6O2. The van der Waals surface area contributed by atoms with Gasteiger partial charge in [0, 0.05) is 23.5 Å². The number of piperidine rings is 1. The molecule has 3 heterocycles. The summed E-state index contributed by atoms with van der Waals surface area (Å²) in [4.78, 5) is 17.1. The maximum atomic E-state index is 12.4. The Hall–Kier alpha value is -3.13. The average Bonchev–Trinajstić information content (AvgIpc) is 3.37. The largest absolute Gasteiger partial charge is 0.474 e. The van der Waals surface area contributed by atoms with E-state index in [0.717, 1.165) is 55.6 Å². The molecular weight excluding hydrogens is 416 g/mol. The van der Waals surface area contributed by atoms with E-state index in [1.165, 1.54) is 0 Å². The normalized spacial score (nSPS) is 16.3. The van der Waals surface area contributed by atoms with E-state index >= 15 is 0 Å². The molecule has 8 heteroatoms. The number of carbonyl (C=O) groups is 1. The Morgan fingerprint density at radius 2 is 1.94 bits per heavy atom. The zero-order valence-corrected chi connectivity index (χ0v) is 19.3. The van der Waals surface area contributed by atoms with Crippen molar-refractivity contribution in [3.63, 3.8) is 0 Å². The van der Waals surface area contributed by atoms with Crippen molar-refractivity contribution >= 4 is 5.78 Å². The van der Waals surface area contributed by atoms with Gasteiger partial charge in [0.25, 0.3) is 0 Å². The fourth-order valence-corrected chi connectivity index (χ4v) is 4.53. The van der Waals surface area contributed by atoms with E-state index in [9.17, 15) is 4.79 Å². The number of pyridine rings is 1. The van der Waals surface area contributed by atoms with Crippen LogP contribution in [0.2, 0.25) is 0 Å². The lowest BCUT2D eigenvalue weighted by molar-refractivity contribution is -0.121. The van der Waals surface area contributed by atoms with E-state index in [2.05, 4.69) is 57.1 Å². The van der Waals surface area contributed by atoms with Crippen molar-refractivity contribution in [1.29, 1.82) is 0 Å². The second kappa shape index (κ2) is 11.1. The van der Waals surface area contributed by atoms with Crippen LogP contribution in [0.5, 0.6) is 5.88 Å². The maximum Gasteiger partial charge on any atom is 0.214 e. The monoisotopic (exact) mass is 448 g/mol. The highest BCUT2D eigenvalue weighted by Crippen LogP contribution is 2.31. The summed E-state index contributed by atoms with van der Waals surface area (Å²) in [5.41, 5.74) is 3.04. The van der Waals surface area contributed by atoms with Crippen LogP contribution in [0.15, 0.2) is 42.5 Å². The quantitative estimate of drug-likeness (QED) is 0.487. The highest BCUT2D eigenvalue weighted by Gasteiger charge is 2.29. The molecule has 1 fully saturated rings. The molecule has 0 bridgehead atoms. The molecule has 2 aromatic heterocycles. The number of ketones is 1. The fraction of sp³-hybridized carbons (Fsp3) is 0.480. The van der Waals surface area contributed by atoms with Crippen LogP contribution in [0.1, 0.15) is 56.8 Å². The van der Waals surface area contributed by atoms with E-state index in [1.54, 1.807) is 6.92 Å². The number of aromatic amines is 1. The number of hydrogen-bond acceptors (Lipinski definition) is 7. The van der Waals surface area contributed by atoms with Crippen molar-refractivity contribution in [3.8, 4) is 17.1 Å². The number of benzene rings is 1. The Morgan fingerprint density at radius 3 is 2.61 bits per heavy atom. The lowest BCUT2D eigenvalue weighted by Gasteiger charge is -2.23. The minimum Gasteiger partial charge on any atom is -0.474 e. The number of nitrogens with one attached hydrogen (secondary N) is 2. The molecule has 2 atom stereocenters. The topological polar surface area (TPSA) is 106 Å². The molecule has 0 saturated carbocycles. The number of carbonyl (C=O) groups excluding carboxylic acids is 1. The third kappa shape index (κ3) is 6.01. The Balaban J connectivity index is 1.49. The summed E-state index contributed by atoms with van der Waals surface area (Å²) in [7, 11) is 0. The number of tetrazole rings is 1. The predicted molar refractivity (Wildman–Crippen MR) is 126 cm³/mol. The Morgan fingerprint density at radius 1 is 1.15 bits per heavy atom. The summed E-state index contributed by atoms with van der Waals surface area (Å²) in [6.45, 7) is 5.72. The van der Waals surface area contributed by atoms with Gasteiger partial charge in [0.1, 0.15) is 11.9 Å². The van der Waals surface area contributed by atoms with Crippen LogP contribution in [-0.2, 0) is 11.2 Å². The molecule has 33 heavy (non-hydrogen) atoms. The van der Waals surface area contributed by atoms with Gasteiger partial charge >= 0.3 is 0 Å². The lowest BCUT2D eigenvalue weighted by atomic mass is 9.81. The van der Waals surface area contributed by atoms with E-state index in [-0.39, 0.29) is 23.7 Å². The number of rotatable bonds is 10. The van der Waals surface area contributed by atoms with Gasteiger partial charge in [0.2, 0.25) is 5.88 Å². The molecule has 3 aromatic rings. The molecule has 4 rings (SSSR count). The van der Waals surface area contributed by atoms with Gasteiger partial charge in [-0.15, -0.1) is 10.2 Å². The van der Waals surface area contributed by atoms with Crippen molar-refractivity contribution in [2.24, 2.45) is 5.92 Å². The SMILES string of the molecule is CCC[C@H](C(C)=O)[C@H](Cc1ccc(-c2cccc(OC3CCNCC3)n2)cc1)c1nn[nH]n1. The number of Topliss-reactive ketones (excluding diaryl/α,β-unsaturated/α-hetero) is 1. The molecule has 1 aliphatic rings. The molecule has 174 valence electrons. The van der Waals surface area contributed by atoms with Gasteiger partial charge < -0.3 is 10.1 Å². The first-order chi connectivity index (χ1) is 16.1. The summed E-state index contributed by atoms with van der Waals surface area (Å²) < 4.78 is 6.10. The van der Waals surface area contributed by atoms with Gasteiger partial charge in [-0.25, -0.2) is 4.98 Å². The average molecular weight is 449 g/mol. The summed E-state index contributed by atoms with van der Waals surface area (Å²) >= 11 is 0. The van der Waals surface area contributed by atoms with Crippen LogP contribution >= 0.6 is 0 Å². The van der Waals surface area contributed by atoms with Gasteiger partial charge in [0.05, 0.1) is 5.69 Å². The third-order valence-corrected chi connectivity index (χ3v) is 6.30. The molecule has 0 aliphatic carbocycles.